The highest BCUT2D eigenvalue weighted by Crippen LogP contribution is 2.34. The van der Waals surface area contributed by atoms with Gasteiger partial charge in [0.2, 0.25) is 11.7 Å². The summed E-state index contributed by atoms with van der Waals surface area (Å²) in [5, 5.41) is 25.7. The number of anilines is 1. The molecule has 0 bridgehead atoms. The number of methoxy groups -OCH3 is 1. The summed E-state index contributed by atoms with van der Waals surface area (Å²) in [6, 6.07) is 13.4. The van der Waals surface area contributed by atoms with Gasteiger partial charge in [-0.15, -0.1) is 10.2 Å². The first-order chi connectivity index (χ1) is 20.6. The van der Waals surface area contributed by atoms with Crippen molar-refractivity contribution < 1.29 is 55.7 Å². The minimum atomic E-state index is -5.08. The number of carbonyl (C=O) groups is 3. The van der Waals surface area contributed by atoms with Crippen molar-refractivity contribution in [2.75, 3.05) is 25.5 Å². The number of pyridine rings is 1. The summed E-state index contributed by atoms with van der Waals surface area (Å²) in [4.78, 5) is 37.3. The van der Waals surface area contributed by atoms with E-state index in [1.165, 1.54) is 0 Å². The number of aliphatic carboxylic acids is 2. The Hall–Kier alpha value is -4.74. The predicted octanol–water partition coefficient (Wildman–Crippen LogP) is 3.50. The van der Waals surface area contributed by atoms with Crippen LogP contribution in [0.15, 0.2) is 48.7 Å². The Kier molecular flexibility index (Phi) is 10.9. The van der Waals surface area contributed by atoms with Crippen LogP contribution in [-0.4, -0.2) is 85.3 Å². The fourth-order valence-corrected chi connectivity index (χ4v) is 4.60. The first kappa shape index (κ1) is 33.8. The van der Waals surface area contributed by atoms with Gasteiger partial charge in [-0.2, -0.15) is 26.3 Å². The zero-order valence-corrected chi connectivity index (χ0v) is 22.8. The van der Waals surface area contributed by atoms with Crippen molar-refractivity contribution in [3.05, 3.63) is 65.9 Å². The van der Waals surface area contributed by atoms with Crippen molar-refractivity contribution in [3.63, 3.8) is 0 Å². The molecule has 0 spiro atoms. The molecular weight excluding hydrogens is 606 g/mol. The lowest BCUT2D eigenvalue weighted by Gasteiger charge is -2.25. The predicted molar refractivity (Wildman–Crippen MR) is 139 cm³/mol. The van der Waals surface area contributed by atoms with E-state index in [1.54, 1.807) is 13.3 Å². The maximum Gasteiger partial charge on any atom is 0.490 e. The normalized spacial score (nSPS) is 17.5. The number of ether oxygens (including phenoxy) is 1. The first-order valence-corrected chi connectivity index (χ1v) is 12.7. The van der Waals surface area contributed by atoms with Crippen LogP contribution in [0.5, 0.6) is 5.88 Å². The molecule has 2 aliphatic heterocycles. The lowest BCUT2D eigenvalue weighted by molar-refractivity contribution is -0.193. The Labute approximate surface area is 245 Å². The number of carboxylic acid groups (broad SMARTS) is 2. The highest BCUT2D eigenvalue weighted by Gasteiger charge is 2.40. The maximum absolute atomic E-state index is 12.7. The lowest BCUT2D eigenvalue weighted by Crippen LogP contribution is -2.31. The molecule has 2 aliphatic rings. The van der Waals surface area contributed by atoms with Crippen molar-refractivity contribution in [3.8, 4) is 5.88 Å². The second-order valence-electron chi connectivity index (χ2n) is 9.57. The molecule has 12 nitrogen and oxygen atoms in total. The average Bonchev–Trinajstić information content (AvgIpc) is 3.55. The number of halogens is 6. The van der Waals surface area contributed by atoms with Gasteiger partial charge in [0.1, 0.15) is 5.82 Å². The van der Waals surface area contributed by atoms with E-state index in [4.69, 9.17) is 24.5 Å². The first-order valence-electron chi connectivity index (χ1n) is 12.7. The highest BCUT2D eigenvalue weighted by atomic mass is 19.4. The van der Waals surface area contributed by atoms with E-state index in [9.17, 15) is 31.1 Å². The standard InChI is InChI=1S/C22H24N6O2.2C2HF3O2/c1-30-22-15(6-5-9-23-22)11-27-12-16-10-19-25-26-20(28(19)14-17(16)13-27)21(29)24-18-7-3-2-4-8-18;2*3-2(4,5)1(6)7/h2-9,16-17H,10-14H2,1H3,(H,24,29);2*(H,6,7). The second kappa shape index (κ2) is 14.2. The summed E-state index contributed by atoms with van der Waals surface area (Å²) in [6.45, 7) is 3.55. The number of likely N-dealkylation sites (tertiary alicyclic amines) is 1. The van der Waals surface area contributed by atoms with E-state index < -0.39 is 24.3 Å². The van der Waals surface area contributed by atoms with E-state index >= 15 is 0 Å². The van der Waals surface area contributed by atoms with Crippen LogP contribution in [0.1, 0.15) is 22.0 Å². The third-order valence-corrected chi connectivity index (χ3v) is 6.50. The zero-order valence-electron chi connectivity index (χ0n) is 22.8. The molecular formula is C26H26F6N6O6. The smallest absolute Gasteiger partial charge is 0.481 e. The van der Waals surface area contributed by atoms with E-state index in [1.807, 2.05) is 41.0 Å². The van der Waals surface area contributed by atoms with Crippen LogP contribution in [-0.2, 0) is 29.1 Å². The Morgan fingerprint density at radius 3 is 2.07 bits per heavy atom. The summed E-state index contributed by atoms with van der Waals surface area (Å²) < 4.78 is 70.9. The summed E-state index contributed by atoms with van der Waals surface area (Å²) >= 11 is 0. The quantitative estimate of drug-likeness (QED) is 0.356. The number of rotatable bonds is 5. The molecule has 2 unspecified atom stereocenters. The van der Waals surface area contributed by atoms with Crippen LogP contribution in [0, 0.1) is 11.8 Å². The van der Waals surface area contributed by atoms with Crippen LogP contribution in [0.3, 0.4) is 0 Å². The monoisotopic (exact) mass is 632 g/mol. The van der Waals surface area contributed by atoms with Gasteiger partial charge in [-0.05, 0) is 30.0 Å². The summed E-state index contributed by atoms with van der Waals surface area (Å²) in [5.41, 5.74) is 1.85. The summed E-state index contributed by atoms with van der Waals surface area (Å²) in [7, 11) is 1.66. The second-order valence-corrected chi connectivity index (χ2v) is 9.57. The summed E-state index contributed by atoms with van der Waals surface area (Å²) in [5.74, 6) is -2.76. The molecule has 44 heavy (non-hydrogen) atoms. The largest absolute Gasteiger partial charge is 0.490 e. The Morgan fingerprint density at radius 1 is 0.909 bits per heavy atom. The molecule has 0 radical (unpaired) electrons. The molecule has 0 aliphatic carbocycles. The Balaban J connectivity index is 0.000000317. The number of carbonyl (C=O) groups excluding carboxylic acids is 1. The van der Waals surface area contributed by atoms with Crippen molar-refractivity contribution in [2.24, 2.45) is 11.8 Å². The van der Waals surface area contributed by atoms with E-state index in [0.29, 0.717) is 23.5 Å². The SMILES string of the molecule is COc1ncccc1CN1CC2Cc3nnc(C(=O)Nc4ccccc4)n3CC2C1.O=C(O)C(F)(F)F.O=C(O)C(F)(F)F. The average molecular weight is 633 g/mol. The number of benzene rings is 1. The number of nitrogens with zero attached hydrogens (tertiary/aromatic N) is 5. The van der Waals surface area contributed by atoms with Gasteiger partial charge in [0.25, 0.3) is 5.91 Å². The van der Waals surface area contributed by atoms with Crippen molar-refractivity contribution in [1.82, 2.24) is 24.6 Å². The maximum atomic E-state index is 12.7. The molecule has 4 heterocycles. The van der Waals surface area contributed by atoms with Crippen molar-refractivity contribution >= 4 is 23.5 Å². The molecule has 0 saturated carbocycles. The molecule has 238 valence electrons. The fraction of sp³-hybridized carbons (Fsp3) is 0.385. The number of fused-ring (bicyclic) bond motifs is 2. The van der Waals surface area contributed by atoms with Crippen molar-refractivity contribution in [2.45, 2.75) is 31.9 Å². The molecule has 5 rings (SSSR count). The molecule has 3 aromatic rings. The molecule has 1 aromatic carbocycles. The van der Waals surface area contributed by atoms with Crippen LogP contribution in [0.25, 0.3) is 0 Å². The van der Waals surface area contributed by atoms with Gasteiger partial charge in [-0.3, -0.25) is 9.69 Å². The number of nitrogens with one attached hydrogen (secondary N) is 1. The number of hydrogen-bond donors (Lipinski definition) is 3. The Bertz CT molecular complexity index is 1430. The van der Waals surface area contributed by atoms with E-state index in [-0.39, 0.29) is 5.91 Å². The third-order valence-electron chi connectivity index (χ3n) is 6.50. The molecule has 1 fully saturated rings. The van der Waals surface area contributed by atoms with Crippen molar-refractivity contribution in [1.29, 1.82) is 0 Å². The molecule has 2 atom stereocenters. The molecule has 2 aromatic heterocycles. The molecule has 18 heteroatoms. The van der Waals surface area contributed by atoms with Gasteiger partial charge in [0.05, 0.1) is 7.11 Å². The van der Waals surface area contributed by atoms with Gasteiger partial charge < -0.3 is 24.8 Å². The number of carboxylic acids is 2. The number of hydrogen-bond acceptors (Lipinski definition) is 8. The molecule has 3 N–H and O–H groups in total. The summed E-state index contributed by atoms with van der Waals surface area (Å²) in [6.07, 6.45) is -7.57. The Morgan fingerprint density at radius 2 is 1.50 bits per heavy atom. The lowest BCUT2D eigenvalue weighted by atomic mass is 9.89. The van der Waals surface area contributed by atoms with Crippen LogP contribution in [0.4, 0.5) is 32.0 Å². The number of para-hydroxylation sites is 1. The fourth-order valence-electron chi connectivity index (χ4n) is 4.60. The van der Waals surface area contributed by atoms with Gasteiger partial charge in [0, 0.05) is 50.0 Å². The van der Waals surface area contributed by atoms with Crippen LogP contribution in [0.2, 0.25) is 0 Å². The molecule has 1 amide bonds. The number of amides is 1. The van der Waals surface area contributed by atoms with Crippen LogP contribution >= 0.6 is 0 Å². The third kappa shape index (κ3) is 9.13. The van der Waals surface area contributed by atoms with Gasteiger partial charge >= 0.3 is 24.3 Å². The van der Waals surface area contributed by atoms with Gasteiger partial charge in [-0.25, -0.2) is 14.6 Å². The zero-order chi connectivity index (χ0) is 32.7. The minimum absolute atomic E-state index is 0.214. The number of aromatic nitrogens is 4. The minimum Gasteiger partial charge on any atom is -0.481 e. The van der Waals surface area contributed by atoms with E-state index in [0.717, 1.165) is 49.7 Å². The number of alkyl halides is 6. The highest BCUT2D eigenvalue weighted by molar-refractivity contribution is 6.01. The topological polar surface area (TPSA) is 160 Å². The van der Waals surface area contributed by atoms with Crippen LogP contribution < -0.4 is 10.1 Å². The van der Waals surface area contributed by atoms with E-state index in [2.05, 4.69) is 31.5 Å². The van der Waals surface area contributed by atoms with Gasteiger partial charge in [0.15, 0.2) is 0 Å². The van der Waals surface area contributed by atoms with Gasteiger partial charge in [-0.1, -0.05) is 24.3 Å². The molecule has 1 saturated heterocycles.